The maximum absolute atomic E-state index is 12.4. The number of amides is 2. The summed E-state index contributed by atoms with van der Waals surface area (Å²) in [6, 6.07) is 0. The van der Waals surface area contributed by atoms with Crippen LogP contribution in [-0.2, 0) is 9.59 Å². The summed E-state index contributed by atoms with van der Waals surface area (Å²) < 4.78 is 0. The van der Waals surface area contributed by atoms with E-state index < -0.39 is 0 Å². The third kappa shape index (κ3) is 2.74. The summed E-state index contributed by atoms with van der Waals surface area (Å²) in [4.78, 5) is 26.5. The number of nitrogens with zero attached hydrogens (tertiary/aromatic N) is 1. The second-order valence-corrected chi connectivity index (χ2v) is 8.88. The first-order valence-electron chi connectivity index (χ1n) is 5.80. The molecule has 1 heterocycles. The van der Waals surface area contributed by atoms with Gasteiger partial charge in [0.25, 0.3) is 0 Å². The minimum Gasteiger partial charge on any atom is -0.281 e. The van der Waals surface area contributed by atoms with Gasteiger partial charge in [0, 0.05) is 26.4 Å². The summed E-state index contributed by atoms with van der Waals surface area (Å²) in [6.07, 6.45) is 1.73. The second-order valence-electron chi connectivity index (χ2n) is 4.71. The molecule has 0 spiro atoms. The number of fused-ring (bicyclic) bond motifs is 1. The number of alkyl halides is 4. The summed E-state index contributed by atoms with van der Waals surface area (Å²) in [5, 5.41) is 0.720. The molecule has 1 aliphatic carbocycles. The van der Waals surface area contributed by atoms with Crippen LogP contribution < -0.4 is 0 Å². The van der Waals surface area contributed by atoms with Crippen LogP contribution in [-0.4, -0.2) is 43.1 Å². The van der Waals surface area contributed by atoms with Crippen molar-refractivity contribution in [3.8, 4) is 0 Å². The van der Waals surface area contributed by atoms with Crippen LogP contribution in [0, 0.1) is 11.8 Å². The smallest absolute Gasteiger partial charge is 0.234 e. The monoisotopic (exact) mass is 507 g/mol. The predicted octanol–water partition coefficient (Wildman–Crippen LogP) is 3.07. The van der Waals surface area contributed by atoms with Crippen LogP contribution in [0.3, 0.4) is 0 Å². The maximum atomic E-state index is 12.4. The van der Waals surface area contributed by atoms with Crippen LogP contribution in [0.1, 0.15) is 12.8 Å². The lowest BCUT2D eigenvalue weighted by atomic mass is 9.81. The van der Waals surface area contributed by atoms with Crippen molar-refractivity contribution in [2.45, 2.75) is 27.3 Å². The Hall–Kier alpha value is 1.06. The first-order valence-corrected chi connectivity index (χ1v) is 9.67. The Morgan fingerprint density at radius 3 is 2.50 bits per heavy atom. The van der Waals surface area contributed by atoms with Gasteiger partial charge in [0.2, 0.25) is 11.8 Å². The Morgan fingerprint density at radius 2 is 1.89 bits per heavy atom. The van der Waals surface area contributed by atoms with Gasteiger partial charge in [-0.25, -0.2) is 0 Å². The first-order chi connectivity index (χ1) is 8.47. The Bertz CT molecular complexity index is 365. The van der Waals surface area contributed by atoms with Crippen molar-refractivity contribution in [1.29, 1.82) is 0 Å². The standard InChI is InChI=1S/C11H13Br4NO2/c12-3-5(13)4-16-10(17)6-1-2-7(14)9(15)8(6)11(16)18/h5-9H,1-4H2. The summed E-state index contributed by atoms with van der Waals surface area (Å²) in [5.74, 6) is -0.364. The molecule has 2 fully saturated rings. The fourth-order valence-electron chi connectivity index (χ4n) is 2.63. The fraction of sp³-hybridized carbons (Fsp3) is 0.818. The van der Waals surface area contributed by atoms with E-state index in [-0.39, 0.29) is 38.1 Å². The van der Waals surface area contributed by atoms with Crippen LogP contribution in [0.5, 0.6) is 0 Å². The zero-order valence-electron chi connectivity index (χ0n) is 9.49. The van der Waals surface area contributed by atoms with E-state index in [4.69, 9.17) is 0 Å². The van der Waals surface area contributed by atoms with Crippen molar-refractivity contribution in [1.82, 2.24) is 4.90 Å². The van der Waals surface area contributed by atoms with Gasteiger partial charge in [0.1, 0.15) is 0 Å². The molecule has 2 amide bonds. The van der Waals surface area contributed by atoms with Crippen molar-refractivity contribution < 1.29 is 9.59 Å². The van der Waals surface area contributed by atoms with Gasteiger partial charge in [-0.1, -0.05) is 63.7 Å². The number of halogens is 4. The maximum Gasteiger partial charge on any atom is 0.234 e. The number of imide groups is 1. The Morgan fingerprint density at radius 1 is 1.22 bits per heavy atom. The minimum atomic E-state index is -0.203. The van der Waals surface area contributed by atoms with E-state index in [0.717, 1.165) is 18.2 Å². The number of rotatable bonds is 3. The molecule has 2 rings (SSSR count). The molecule has 1 aliphatic heterocycles. The molecule has 7 heteroatoms. The zero-order chi connectivity index (χ0) is 13.4. The summed E-state index contributed by atoms with van der Waals surface area (Å²) >= 11 is 13.9. The first kappa shape index (κ1) is 15.4. The molecule has 1 saturated carbocycles. The van der Waals surface area contributed by atoms with Gasteiger partial charge >= 0.3 is 0 Å². The summed E-state index contributed by atoms with van der Waals surface area (Å²) in [5.41, 5.74) is 0. The molecule has 5 atom stereocenters. The normalized spacial score (nSPS) is 37.9. The Balaban J connectivity index is 2.17. The largest absolute Gasteiger partial charge is 0.281 e. The van der Waals surface area contributed by atoms with Gasteiger partial charge < -0.3 is 0 Å². The van der Waals surface area contributed by atoms with Crippen molar-refractivity contribution in [2.75, 3.05) is 11.9 Å². The molecule has 2 aliphatic rings. The van der Waals surface area contributed by atoms with Crippen LogP contribution in [0.25, 0.3) is 0 Å². The third-order valence-corrected chi connectivity index (χ3v) is 8.77. The molecular weight excluding hydrogens is 498 g/mol. The van der Waals surface area contributed by atoms with Crippen LogP contribution in [0.2, 0.25) is 0 Å². The van der Waals surface area contributed by atoms with E-state index in [1.807, 2.05) is 0 Å². The molecule has 5 unspecified atom stereocenters. The van der Waals surface area contributed by atoms with Crippen LogP contribution in [0.4, 0.5) is 0 Å². The number of likely N-dealkylation sites (tertiary alicyclic amines) is 1. The lowest BCUT2D eigenvalue weighted by Gasteiger charge is -2.30. The molecule has 1 saturated heterocycles. The topological polar surface area (TPSA) is 37.4 Å². The van der Waals surface area contributed by atoms with E-state index in [9.17, 15) is 9.59 Å². The number of carbonyl (C=O) groups excluding carboxylic acids is 2. The second kappa shape index (κ2) is 6.22. The molecule has 0 aromatic carbocycles. The number of hydrogen-bond donors (Lipinski definition) is 0. The molecule has 0 radical (unpaired) electrons. The molecule has 102 valence electrons. The highest BCUT2D eigenvalue weighted by atomic mass is 79.9. The minimum absolute atomic E-state index is 0.000694. The highest BCUT2D eigenvalue weighted by Gasteiger charge is 2.53. The fourth-order valence-corrected chi connectivity index (χ4v) is 4.57. The van der Waals surface area contributed by atoms with Gasteiger partial charge in [-0.2, -0.15) is 0 Å². The average Bonchev–Trinajstić information content (AvgIpc) is 2.59. The van der Waals surface area contributed by atoms with E-state index in [1.54, 1.807) is 0 Å². The third-order valence-electron chi connectivity index (χ3n) is 3.56. The highest BCUT2D eigenvalue weighted by molar-refractivity contribution is 9.12. The lowest BCUT2D eigenvalue weighted by molar-refractivity contribution is -0.139. The quantitative estimate of drug-likeness (QED) is 0.432. The van der Waals surface area contributed by atoms with Crippen molar-refractivity contribution >= 4 is 75.5 Å². The lowest BCUT2D eigenvalue weighted by Crippen LogP contribution is -2.39. The number of carbonyl (C=O) groups is 2. The van der Waals surface area contributed by atoms with Gasteiger partial charge in [-0.05, 0) is 12.8 Å². The Labute approximate surface area is 140 Å². The molecule has 0 aromatic rings. The number of hydrogen-bond acceptors (Lipinski definition) is 2. The van der Waals surface area contributed by atoms with Gasteiger partial charge in [0.15, 0.2) is 0 Å². The molecule has 0 bridgehead atoms. The van der Waals surface area contributed by atoms with E-state index in [2.05, 4.69) is 63.7 Å². The predicted molar refractivity (Wildman–Crippen MR) is 84.9 cm³/mol. The molecule has 0 aromatic heterocycles. The van der Waals surface area contributed by atoms with Gasteiger partial charge in [-0.3, -0.25) is 14.5 Å². The average molecular weight is 511 g/mol. The van der Waals surface area contributed by atoms with E-state index >= 15 is 0 Å². The molecule has 18 heavy (non-hydrogen) atoms. The van der Waals surface area contributed by atoms with Gasteiger partial charge in [0.05, 0.1) is 11.8 Å². The SMILES string of the molecule is O=C1C2CCC(Br)C(Br)C2C(=O)N1CC(Br)CBr. The molecule has 0 N–H and O–H groups in total. The Kier molecular flexibility index (Phi) is 5.34. The van der Waals surface area contributed by atoms with E-state index in [1.165, 1.54) is 4.90 Å². The summed E-state index contributed by atoms with van der Waals surface area (Å²) in [6.45, 7) is 0.447. The molecular formula is C11H13Br4NO2. The summed E-state index contributed by atoms with van der Waals surface area (Å²) in [7, 11) is 0. The van der Waals surface area contributed by atoms with Crippen LogP contribution >= 0.6 is 63.7 Å². The van der Waals surface area contributed by atoms with Crippen LogP contribution in [0.15, 0.2) is 0 Å². The zero-order valence-corrected chi connectivity index (χ0v) is 15.8. The van der Waals surface area contributed by atoms with Crippen molar-refractivity contribution in [3.63, 3.8) is 0 Å². The van der Waals surface area contributed by atoms with E-state index in [0.29, 0.717) is 6.54 Å². The molecule has 3 nitrogen and oxygen atoms in total. The highest BCUT2D eigenvalue weighted by Crippen LogP contribution is 2.44. The van der Waals surface area contributed by atoms with Crippen molar-refractivity contribution in [3.05, 3.63) is 0 Å². The van der Waals surface area contributed by atoms with Gasteiger partial charge in [-0.15, -0.1) is 0 Å². The van der Waals surface area contributed by atoms with Crippen molar-refractivity contribution in [2.24, 2.45) is 11.8 Å².